The molecule has 1 heterocycles. The normalized spacial score (nSPS) is 15.2. The average molecular weight is 276 g/mol. The molecule has 0 spiro atoms. The monoisotopic (exact) mass is 276 g/mol. The zero-order valence-electron chi connectivity index (χ0n) is 12.1. The minimum absolute atomic E-state index is 0.245. The van der Waals surface area contributed by atoms with E-state index in [1.54, 1.807) is 0 Å². The molecule has 2 rings (SSSR count). The van der Waals surface area contributed by atoms with E-state index >= 15 is 0 Å². The van der Waals surface area contributed by atoms with E-state index < -0.39 is 0 Å². The van der Waals surface area contributed by atoms with Gasteiger partial charge in [-0.1, -0.05) is 25.8 Å². The van der Waals surface area contributed by atoms with Gasteiger partial charge in [-0.3, -0.25) is 4.79 Å². The van der Waals surface area contributed by atoms with Crippen LogP contribution in [-0.4, -0.2) is 30.0 Å². The number of aromatic nitrogens is 1. The number of anilines is 2. The van der Waals surface area contributed by atoms with Gasteiger partial charge in [-0.2, -0.15) is 0 Å². The summed E-state index contributed by atoms with van der Waals surface area (Å²) < 4.78 is 0. The second-order valence-corrected chi connectivity index (χ2v) is 5.34. The predicted molar refractivity (Wildman–Crippen MR) is 81.8 cm³/mol. The summed E-state index contributed by atoms with van der Waals surface area (Å²) in [7, 11) is 0. The quantitative estimate of drug-likeness (QED) is 0.800. The lowest BCUT2D eigenvalue weighted by Gasteiger charge is -2.29. The van der Waals surface area contributed by atoms with E-state index in [-0.39, 0.29) is 12.5 Å². The van der Waals surface area contributed by atoms with Crippen LogP contribution < -0.4 is 16.0 Å². The highest BCUT2D eigenvalue weighted by Gasteiger charge is 2.25. The second-order valence-electron chi connectivity index (χ2n) is 5.34. The van der Waals surface area contributed by atoms with E-state index in [4.69, 9.17) is 5.73 Å². The Morgan fingerprint density at radius 2 is 2.20 bits per heavy atom. The van der Waals surface area contributed by atoms with Crippen LogP contribution in [0.15, 0.2) is 18.2 Å². The number of pyridine rings is 1. The van der Waals surface area contributed by atoms with Crippen molar-refractivity contribution in [2.45, 2.75) is 45.1 Å². The maximum Gasteiger partial charge on any atom is 0.237 e. The van der Waals surface area contributed by atoms with Crippen molar-refractivity contribution in [1.82, 2.24) is 4.98 Å². The molecular weight excluding hydrogens is 252 g/mol. The molecule has 5 heteroatoms. The molecule has 0 atom stereocenters. The largest absolute Gasteiger partial charge is 0.370 e. The molecule has 0 saturated heterocycles. The minimum Gasteiger partial charge on any atom is -0.370 e. The molecule has 20 heavy (non-hydrogen) atoms. The Morgan fingerprint density at radius 1 is 1.45 bits per heavy atom. The number of carbonyl (C=O) groups is 1. The van der Waals surface area contributed by atoms with Gasteiger partial charge in [0.2, 0.25) is 5.91 Å². The van der Waals surface area contributed by atoms with Crippen molar-refractivity contribution in [3.63, 3.8) is 0 Å². The molecule has 0 aromatic carbocycles. The van der Waals surface area contributed by atoms with Crippen molar-refractivity contribution in [3.8, 4) is 0 Å². The van der Waals surface area contributed by atoms with Gasteiger partial charge in [0.25, 0.3) is 0 Å². The van der Waals surface area contributed by atoms with Crippen LogP contribution >= 0.6 is 0 Å². The molecule has 5 nitrogen and oxygen atoms in total. The maximum absolute atomic E-state index is 11.3. The van der Waals surface area contributed by atoms with Gasteiger partial charge in [0.1, 0.15) is 11.6 Å². The highest BCUT2D eigenvalue weighted by molar-refractivity contribution is 5.79. The molecule has 1 aliphatic rings. The summed E-state index contributed by atoms with van der Waals surface area (Å²) in [6.07, 6.45) is 5.71. The van der Waals surface area contributed by atoms with Gasteiger partial charge in [-0.05, 0) is 31.4 Å². The maximum atomic E-state index is 11.3. The summed E-state index contributed by atoms with van der Waals surface area (Å²) in [6, 6.07) is 6.27. The van der Waals surface area contributed by atoms with E-state index in [0.717, 1.165) is 37.4 Å². The molecule has 1 amide bonds. The molecule has 1 saturated carbocycles. The van der Waals surface area contributed by atoms with Crippen molar-refractivity contribution < 1.29 is 4.79 Å². The lowest BCUT2D eigenvalue weighted by molar-refractivity contribution is -0.116. The summed E-state index contributed by atoms with van der Waals surface area (Å²) in [5, 5.41) is 3.28. The second kappa shape index (κ2) is 7.12. The highest BCUT2D eigenvalue weighted by atomic mass is 16.1. The van der Waals surface area contributed by atoms with Gasteiger partial charge in [-0.25, -0.2) is 4.98 Å². The fourth-order valence-electron chi connectivity index (χ4n) is 2.72. The molecule has 1 aliphatic carbocycles. The Labute approximate surface area is 120 Å². The minimum atomic E-state index is -0.300. The van der Waals surface area contributed by atoms with E-state index in [9.17, 15) is 4.79 Å². The lowest BCUT2D eigenvalue weighted by atomic mass is 10.2. The predicted octanol–water partition coefficient (Wildman–Crippen LogP) is 2.14. The van der Waals surface area contributed by atoms with Gasteiger partial charge in [0.15, 0.2) is 0 Å². The standard InChI is InChI=1S/C15H24N4O/c1-2-10-17-14-8-5-9-15(18-14)19(11-13(16)20)12-6-3-4-7-12/h5,8-9,12H,2-4,6-7,10-11H2,1H3,(H2,16,20)(H,17,18). The molecule has 1 aromatic rings. The number of hydrogen-bond acceptors (Lipinski definition) is 4. The topological polar surface area (TPSA) is 71.2 Å². The van der Waals surface area contributed by atoms with Crippen LogP contribution in [0, 0.1) is 0 Å². The summed E-state index contributed by atoms with van der Waals surface area (Å²) in [6.45, 7) is 3.26. The van der Waals surface area contributed by atoms with Gasteiger partial charge in [0, 0.05) is 12.6 Å². The lowest BCUT2D eigenvalue weighted by Crippen LogP contribution is -2.40. The van der Waals surface area contributed by atoms with E-state index in [0.29, 0.717) is 6.04 Å². The molecule has 0 radical (unpaired) electrons. The fourth-order valence-corrected chi connectivity index (χ4v) is 2.72. The summed E-state index contributed by atoms with van der Waals surface area (Å²) in [5.41, 5.74) is 5.39. The van der Waals surface area contributed by atoms with Crippen LogP contribution in [0.25, 0.3) is 0 Å². The molecular formula is C15H24N4O. The zero-order valence-corrected chi connectivity index (χ0v) is 12.1. The first-order chi connectivity index (χ1) is 9.70. The Hall–Kier alpha value is -1.78. The number of nitrogens with zero attached hydrogens (tertiary/aromatic N) is 2. The van der Waals surface area contributed by atoms with Gasteiger partial charge >= 0.3 is 0 Å². The van der Waals surface area contributed by atoms with Crippen LogP contribution in [-0.2, 0) is 4.79 Å². The third-order valence-corrected chi connectivity index (χ3v) is 3.68. The smallest absolute Gasteiger partial charge is 0.237 e. The first-order valence-corrected chi connectivity index (χ1v) is 7.46. The van der Waals surface area contributed by atoms with Gasteiger partial charge in [0.05, 0.1) is 6.54 Å². The third kappa shape index (κ3) is 3.85. The third-order valence-electron chi connectivity index (χ3n) is 3.68. The molecule has 110 valence electrons. The molecule has 3 N–H and O–H groups in total. The highest BCUT2D eigenvalue weighted by Crippen LogP contribution is 2.27. The summed E-state index contributed by atoms with van der Waals surface area (Å²) >= 11 is 0. The molecule has 0 bridgehead atoms. The molecule has 0 unspecified atom stereocenters. The van der Waals surface area contributed by atoms with Crippen LogP contribution in [0.2, 0.25) is 0 Å². The van der Waals surface area contributed by atoms with Gasteiger partial charge < -0.3 is 16.0 Å². The molecule has 1 aromatic heterocycles. The van der Waals surface area contributed by atoms with Crippen molar-refractivity contribution in [2.75, 3.05) is 23.3 Å². The molecule has 0 aliphatic heterocycles. The number of primary amides is 1. The SMILES string of the molecule is CCCNc1cccc(N(CC(N)=O)C2CCCC2)n1. The number of nitrogens with one attached hydrogen (secondary N) is 1. The van der Waals surface area contributed by atoms with Crippen molar-refractivity contribution in [1.29, 1.82) is 0 Å². The number of carbonyl (C=O) groups excluding carboxylic acids is 1. The number of hydrogen-bond donors (Lipinski definition) is 2. The first-order valence-electron chi connectivity index (χ1n) is 7.46. The fraction of sp³-hybridized carbons (Fsp3) is 0.600. The van der Waals surface area contributed by atoms with Crippen molar-refractivity contribution in [2.24, 2.45) is 5.73 Å². The van der Waals surface area contributed by atoms with E-state index in [1.807, 2.05) is 18.2 Å². The van der Waals surface area contributed by atoms with Crippen molar-refractivity contribution in [3.05, 3.63) is 18.2 Å². The van der Waals surface area contributed by atoms with Crippen LogP contribution in [0.3, 0.4) is 0 Å². The first kappa shape index (κ1) is 14.6. The van der Waals surface area contributed by atoms with Crippen LogP contribution in [0.1, 0.15) is 39.0 Å². The number of amides is 1. The van der Waals surface area contributed by atoms with Crippen molar-refractivity contribution >= 4 is 17.5 Å². The Balaban J connectivity index is 2.16. The zero-order chi connectivity index (χ0) is 14.4. The average Bonchev–Trinajstić information content (AvgIpc) is 2.96. The molecule has 1 fully saturated rings. The van der Waals surface area contributed by atoms with Crippen LogP contribution in [0.4, 0.5) is 11.6 Å². The van der Waals surface area contributed by atoms with Gasteiger partial charge in [-0.15, -0.1) is 0 Å². The number of nitrogens with two attached hydrogens (primary N) is 1. The van der Waals surface area contributed by atoms with Crippen LogP contribution in [0.5, 0.6) is 0 Å². The summed E-state index contributed by atoms with van der Waals surface area (Å²) in [4.78, 5) is 18.0. The van der Waals surface area contributed by atoms with E-state index in [1.165, 1.54) is 12.8 Å². The number of rotatable bonds is 7. The summed E-state index contributed by atoms with van der Waals surface area (Å²) in [5.74, 6) is 1.40. The Bertz CT molecular complexity index is 443. The Kier molecular flexibility index (Phi) is 5.21. The Morgan fingerprint density at radius 3 is 2.85 bits per heavy atom. The van der Waals surface area contributed by atoms with E-state index in [2.05, 4.69) is 22.1 Å².